The highest BCUT2D eigenvalue weighted by atomic mass is 32.1. The summed E-state index contributed by atoms with van der Waals surface area (Å²) in [5.74, 6) is -0.198. The lowest BCUT2D eigenvalue weighted by atomic mass is 10.2. The fourth-order valence-electron chi connectivity index (χ4n) is 2.04. The molecular formula is C15H20FN3S. The molecule has 1 heterocycles. The maximum Gasteiger partial charge on any atom is 0.185 e. The van der Waals surface area contributed by atoms with Crippen molar-refractivity contribution in [1.82, 2.24) is 10.3 Å². The smallest absolute Gasteiger partial charge is 0.185 e. The zero-order valence-electron chi connectivity index (χ0n) is 12.1. The van der Waals surface area contributed by atoms with Crippen LogP contribution in [-0.4, -0.2) is 18.6 Å². The van der Waals surface area contributed by atoms with Crippen LogP contribution in [0.4, 0.5) is 9.52 Å². The van der Waals surface area contributed by atoms with Crippen LogP contribution >= 0.6 is 11.3 Å². The SMILES string of the molecule is CCNC(C)c1cnc(N(C)Cc2cccc(F)c2)s1. The van der Waals surface area contributed by atoms with Crippen molar-refractivity contribution in [2.45, 2.75) is 26.4 Å². The van der Waals surface area contributed by atoms with Gasteiger partial charge < -0.3 is 10.2 Å². The Balaban J connectivity index is 2.04. The van der Waals surface area contributed by atoms with E-state index in [1.165, 1.54) is 10.9 Å². The molecule has 0 fully saturated rings. The third-order valence-corrected chi connectivity index (χ3v) is 4.38. The normalized spacial score (nSPS) is 12.4. The maximum absolute atomic E-state index is 13.2. The molecule has 0 aliphatic rings. The van der Waals surface area contributed by atoms with Crippen LogP contribution in [0.15, 0.2) is 30.5 Å². The number of nitrogens with zero attached hydrogens (tertiary/aromatic N) is 2. The van der Waals surface area contributed by atoms with Gasteiger partial charge in [-0.25, -0.2) is 9.37 Å². The van der Waals surface area contributed by atoms with Gasteiger partial charge in [0.1, 0.15) is 5.82 Å². The van der Waals surface area contributed by atoms with Crippen molar-refractivity contribution >= 4 is 16.5 Å². The van der Waals surface area contributed by atoms with Crippen LogP contribution < -0.4 is 10.2 Å². The topological polar surface area (TPSA) is 28.2 Å². The van der Waals surface area contributed by atoms with Gasteiger partial charge in [-0.3, -0.25) is 0 Å². The first-order valence-electron chi connectivity index (χ1n) is 6.75. The van der Waals surface area contributed by atoms with E-state index in [4.69, 9.17) is 0 Å². The minimum atomic E-state index is -0.198. The molecule has 20 heavy (non-hydrogen) atoms. The lowest BCUT2D eigenvalue weighted by molar-refractivity contribution is 0.606. The molecule has 5 heteroatoms. The Labute approximate surface area is 123 Å². The summed E-state index contributed by atoms with van der Waals surface area (Å²) in [7, 11) is 1.98. The highest BCUT2D eigenvalue weighted by molar-refractivity contribution is 7.15. The maximum atomic E-state index is 13.2. The molecule has 1 atom stereocenters. The number of benzene rings is 1. The van der Waals surface area contributed by atoms with Gasteiger partial charge in [-0.15, -0.1) is 11.3 Å². The molecule has 0 aliphatic heterocycles. The number of nitrogens with one attached hydrogen (secondary N) is 1. The molecule has 2 rings (SSSR count). The number of halogens is 1. The van der Waals surface area contributed by atoms with E-state index in [1.807, 2.05) is 24.2 Å². The van der Waals surface area contributed by atoms with E-state index in [9.17, 15) is 4.39 Å². The summed E-state index contributed by atoms with van der Waals surface area (Å²) in [6.07, 6.45) is 1.91. The molecule has 0 amide bonds. The van der Waals surface area contributed by atoms with E-state index in [0.717, 1.165) is 17.2 Å². The van der Waals surface area contributed by atoms with Crippen LogP contribution in [0.1, 0.15) is 30.3 Å². The third kappa shape index (κ3) is 3.77. The monoisotopic (exact) mass is 293 g/mol. The van der Waals surface area contributed by atoms with Crippen LogP contribution in [0, 0.1) is 5.82 Å². The van der Waals surface area contributed by atoms with Crippen molar-refractivity contribution < 1.29 is 4.39 Å². The molecule has 108 valence electrons. The third-order valence-electron chi connectivity index (χ3n) is 3.08. The average Bonchev–Trinajstić information content (AvgIpc) is 2.88. The summed E-state index contributed by atoms with van der Waals surface area (Å²) in [6, 6.07) is 7.00. The standard InChI is InChI=1S/C15H20FN3S/c1-4-17-11(2)14-9-18-15(20-14)19(3)10-12-6-5-7-13(16)8-12/h5-9,11,17H,4,10H2,1-3H3. The van der Waals surface area contributed by atoms with Gasteiger partial charge in [0.15, 0.2) is 5.13 Å². The lowest BCUT2D eigenvalue weighted by Crippen LogP contribution is -2.17. The number of thiazole rings is 1. The first kappa shape index (κ1) is 14.9. The lowest BCUT2D eigenvalue weighted by Gasteiger charge is -2.16. The highest BCUT2D eigenvalue weighted by Gasteiger charge is 2.12. The second kappa shape index (κ2) is 6.81. The van der Waals surface area contributed by atoms with Crippen molar-refractivity contribution in [1.29, 1.82) is 0 Å². The molecule has 1 unspecified atom stereocenters. The van der Waals surface area contributed by atoms with Gasteiger partial charge in [-0.05, 0) is 31.2 Å². The minimum absolute atomic E-state index is 0.198. The molecular weight excluding hydrogens is 273 g/mol. The molecule has 1 aromatic heterocycles. The van der Waals surface area contributed by atoms with E-state index in [2.05, 4.69) is 24.1 Å². The number of hydrogen-bond donors (Lipinski definition) is 1. The summed E-state index contributed by atoms with van der Waals surface area (Å²) in [5.41, 5.74) is 0.948. The predicted octanol–water partition coefficient (Wildman–Crippen LogP) is 3.59. The fourth-order valence-corrected chi connectivity index (χ4v) is 2.94. The average molecular weight is 293 g/mol. The van der Waals surface area contributed by atoms with Gasteiger partial charge >= 0.3 is 0 Å². The van der Waals surface area contributed by atoms with Crippen LogP contribution in [0.5, 0.6) is 0 Å². The van der Waals surface area contributed by atoms with Crippen molar-refractivity contribution in [2.75, 3.05) is 18.5 Å². The summed E-state index contributed by atoms with van der Waals surface area (Å²) in [4.78, 5) is 7.71. The van der Waals surface area contributed by atoms with E-state index < -0.39 is 0 Å². The Morgan fingerprint density at radius 3 is 2.95 bits per heavy atom. The first-order chi connectivity index (χ1) is 9.60. The Hall–Kier alpha value is -1.46. The molecule has 1 N–H and O–H groups in total. The number of anilines is 1. The molecule has 2 aromatic rings. The largest absolute Gasteiger partial charge is 0.347 e. The Morgan fingerprint density at radius 2 is 2.25 bits per heavy atom. The molecule has 0 saturated heterocycles. The van der Waals surface area contributed by atoms with Gasteiger partial charge in [0.25, 0.3) is 0 Å². The second-order valence-electron chi connectivity index (χ2n) is 4.81. The van der Waals surface area contributed by atoms with Crippen molar-refractivity contribution in [3.63, 3.8) is 0 Å². The predicted molar refractivity (Wildman–Crippen MR) is 82.7 cm³/mol. The molecule has 0 saturated carbocycles. The molecule has 3 nitrogen and oxygen atoms in total. The summed E-state index contributed by atoms with van der Waals surface area (Å²) in [5, 5.41) is 4.33. The molecule has 0 bridgehead atoms. The van der Waals surface area contributed by atoms with Crippen LogP contribution in [0.3, 0.4) is 0 Å². The van der Waals surface area contributed by atoms with Gasteiger partial charge in [-0.2, -0.15) is 0 Å². The Bertz CT molecular complexity index is 556. The van der Waals surface area contributed by atoms with E-state index in [-0.39, 0.29) is 5.82 Å². The zero-order valence-corrected chi connectivity index (χ0v) is 12.9. The summed E-state index contributed by atoms with van der Waals surface area (Å²) >= 11 is 1.67. The second-order valence-corrected chi connectivity index (χ2v) is 5.85. The first-order valence-corrected chi connectivity index (χ1v) is 7.56. The zero-order chi connectivity index (χ0) is 14.5. The molecule has 0 radical (unpaired) electrons. The molecule has 1 aromatic carbocycles. The van der Waals surface area contributed by atoms with Crippen LogP contribution in [-0.2, 0) is 6.54 Å². The molecule has 0 spiro atoms. The van der Waals surface area contributed by atoms with Crippen molar-refractivity contribution in [3.05, 3.63) is 46.7 Å². The Kier molecular flexibility index (Phi) is 5.09. The summed E-state index contributed by atoms with van der Waals surface area (Å²) < 4.78 is 13.2. The molecule has 0 aliphatic carbocycles. The van der Waals surface area contributed by atoms with E-state index in [0.29, 0.717) is 12.6 Å². The van der Waals surface area contributed by atoms with Gasteiger partial charge in [-0.1, -0.05) is 19.1 Å². The number of hydrogen-bond acceptors (Lipinski definition) is 4. The van der Waals surface area contributed by atoms with Crippen LogP contribution in [0.2, 0.25) is 0 Å². The van der Waals surface area contributed by atoms with Gasteiger partial charge in [0.2, 0.25) is 0 Å². The number of aromatic nitrogens is 1. The quantitative estimate of drug-likeness (QED) is 0.882. The Morgan fingerprint density at radius 1 is 1.45 bits per heavy atom. The van der Waals surface area contributed by atoms with E-state index in [1.54, 1.807) is 23.5 Å². The van der Waals surface area contributed by atoms with E-state index >= 15 is 0 Å². The van der Waals surface area contributed by atoms with Gasteiger partial charge in [0.05, 0.1) is 0 Å². The number of rotatable bonds is 6. The summed E-state index contributed by atoms with van der Waals surface area (Å²) in [6.45, 7) is 5.82. The minimum Gasteiger partial charge on any atom is -0.347 e. The van der Waals surface area contributed by atoms with Crippen molar-refractivity contribution in [3.8, 4) is 0 Å². The fraction of sp³-hybridized carbons (Fsp3) is 0.400. The van der Waals surface area contributed by atoms with Crippen LogP contribution in [0.25, 0.3) is 0 Å². The van der Waals surface area contributed by atoms with Gasteiger partial charge in [0, 0.05) is 30.7 Å². The highest BCUT2D eigenvalue weighted by Crippen LogP contribution is 2.27. The van der Waals surface area contributed by atoms with Crippen molar-refractivity contribution in [2.24, 2.45) is 0 Å².